The van der Waals surface area contributed by atoms with E-state index in [1.165, 1.54) is 0 Å². The summed E-state index contributed by atoms with van der Waals surface area (Å²) in [6.45, 7) is 0.970. The summed E-state index contributed by atoms with van der Waals surface area (Å²) in [6, 6.07) is 24.7. The van der Waals surface area contributed by atoms with Crippen LogP contribution in [0.5, 0.6) is 5.75 Å². The van der Waals surface area contributed by atoms with Crippen LogP contribution in [0.15, 0.2) is 78.9 Å². The molecule has 3 rings (SSSR count). The fourth-order valence-electron chi connectivity index (χ4n) is 2.58. The van der Waals surface area contributed by atoms with Crippen LogP contribution in [0, 0.1) is 0 Å². The molecule has 0 aromatic heterocycles. The van der Waals surface area contributed by atoms with Crippen LogP contribution in [0.1, 0.15) is 21.5 Å². The van der Waals surface area contributed by atoms with Crippen LogP contribution in [0.3, 0.4) is 0 Å². The van der Waals surface area contributed by atoms with Crippen molar-refractivity contribution in [2.45, 2.75) is 13.2 Å². The Morgan fingerprint density at radius 1 is 0.846 bits per heavy atom. The second-order valence-electron chi connectivity index (χ2n) is 5.89. The van der Waals surface area contributed by atoms with Gasteiger partial charge in [-0.25, -0.2) is 0 Å². The minimum absolute atomic E-state index is 0.176. The molecule has 132 valence electrons. The molecule has 0 atom stereocenters. The van der Waals surface area contributed by atoms with E-state index < -0.39 is 0 Å². The molecule has 0 radical (unpaired) electrons. The van der Waals surface area contributed by atoms with Crippen molar-refractivity contribution in [3.8, 4) is 5.75 Å². The highest BCUT2D eigenvalue weighted by atomic mass is 16.5. The number of rotatable bonds is 7. The Hall–Kier alpha value is -3.11. The minimum atomic E-state index is -0.176. The zero-order valence-electron chi connectivity index (χ0n) is 14.6. The van der Waals surface area contributed by atoms with Crippen molar-refractivity contribution in [2.75, 3.05) is 12.4 Å². The van der Waals surface area contributed by atoms with E-state index in [1.54, 1.807) is 19.2 Å². The number of benzene rings is 3. The third-order valence-electron chi connectivity index (χ3n) is 3.84. The largest absolute Gasteiger partial charge is 0.489 e. The highest BCUT2D eigenvalue weighted by Crippen LogP contribution is 2.18. The molecule has 0 aliphatic rings. The summed E-state index contributed by atoms with van der Waals surface area (Å²) in [6.07, 6.45) is 0. The van der Waals surface area contributed by atoms with E-state index in [-0.39, 0.29) is 5.91 Å². The lowest BCUT2D eigenvalue weighted by Crippen LogP contribution is -2.12. The Morgan fingerprint density at radius 3 is 2.42 bits per heavy atom. The predicted octanol–water partition coefficient (Wildman–Crippen LogP) is 4.66. The molecular weight excluding hydrogens is 326 g/mol. The minimum Gasteiger partial charge on any atom is -0.489 e. The van der Waals surface area contributed by atoms with Crippen LogP contribution in [-0.4, -0.2) is 13.0 Å². The number of anilines is 1. The summed E-state index contributed by atoms with van der Waals surface area (Å²) < 4.78 is 10.9. The normalized spacial score (nSPS) is 10.3. The smallest absolute Gasteiger partial charge is 0.255 e. The highest BCUT2D eigenvalue weighted by Gasteiger charge is 2.08. The molecule has 0 unspecified atom stereocenters. The summed E-state index contributed by atoms with van der Waals surface area (Å²) in [7, 11) is 1.65. The van der Waals surface area contributed by atoms with Gasteiger partial charge in [0.05, 0.1) is 6.61 Å². The number of amides is 1. The van der Waals surface area contributed by atoms with Crippen molar-refractivity contribution in [3.05, 3.63) is 95.6 Å². The lowest BCUT2D eigenvalue weighted by atomic mass is 10.1. The van der Waals surface area contributed by atoms with Gasteiger partial charge in [0, 0.05) is 18.4 Å². The molecule has 0 saturated carbocycles. The van der Waals surface area contributed by atoms with E-state index in [0.717, 1.165) is 16.8 Å². The fourth-order valence-corrected chi connectivity index (χ4v) is 2.58. The first-order chi connectivity index (χ1) is 12.7. The topological polar surface area (TPSA) is 47.6 Å². The first-order valence-corrected chi connectivity index (χ1v) is 8.40. The third kappa shape index (κ3) is 4.94. The molecule has 3 aromatic rings. The number of carbonyl (C=O) groups is 1. The molecule has 1 amide bonds. The molecule has 0 bridgehead atoms. The van der Waals surface area contributed by atoms with E-state index in [1.807, 2.05) is 66.7 Å². The summed E-state index contributed by atoms with van der Waals surface area (Å²) in [5, 5.41) is 2.91. The van der Waals surface area contributed by atoms with Gasteiger partial charge < -0.3 is 14.8 Å². The van der Waals surface area contributed by atoms with Gasteiger partial charge in [-0.15, -0.1) is 0 Å². The number of carbonyl (C=O) groups excluding carboxylic acids is 1. The zero-order chi connectivity index (χ0) is 18.2. The zero-order valence-corrected chi connectivity index (χ0v) is 14.6. The maximum atomic E-state index is 12.5. The van der Waals surface area contributed by atoms with Gasteiger partial charge in [0.15, 0.2) is 0 Å². The van der Waals surface area contributed by atoms with Crippen LogP contribution in [0.4, 0.5) is 5.69 Å². The van der Waals surface area contributed by atoms with Gasteiger partial charge in [0.1, 0.15) is 12.4 Å². The molecule has 1 N–H and O–H groups in total. The first kappa shape index (κ1) is 17.7. The van der Waals surface area contributed by atoms with Gasteiger partial charge in [-0.1, -0.05) is 48.5 Å². The Kier molecular flexibility index (Phi) is 6.01. The van der Waals surface area contributed by atoms with Crippen LogP contribution >= 0.6 is 0 Å². The van der Waals surface area contributed by atoms with Crippen LogP contribution in [-0.2, 0) is 18.0 Å². The SMILES string of the molecule is COCc1cccc(NC(=O)c2cccc(OCc3ccccc3)c2)c1. The van der Waals surface area contributed by atoms with Crippen molar-refractivity contribution in [3.63, 3.8) is 0 Å². The summed E-state index contributed by atoms with van der Waals surface area (Å²) in [4.78, 5) is 12.5. The number of hydrogen-bond donors (Lipinski definition) is 1. The molecule has 26 heavy (non-hydrogen) atoms. The molecule has 4 heteroatoms. The fraction of sp³-hybridized carbons (Fsp3) is 0.136. The van der Waals surface area contributed by atoms with E-state index >= 15 is 0 Å². The van der Waals surface area contributed by atoms with Crippen molar-refractivity contribution in [2.24, 2.45) is 0 Å². The number of methoxy groups -OCH3 is 1. The van der Waals surface area contributed by atoms with Crippen molar-refractivity contribution >= 4 is 11.6 Å². The number of nitrogens with one attached hydrogen (secondary N) is 1. The van der Waals surface area contributed by atoms with Crippen LogP contribution in [0.2, 0.25) is 0 Å². The van der Waals surface area contributed by atoms with Gasteiger partial charge >= 0.3 is 0 Å². The summed E-state index contributed by atoms with van der Waals surface area (Å²) in [5.41, 5.74) is 3.37. The van der Waals surface area contributed by atoms with Crippen molar-refractivity contribution < 1.29 is 14.3 Å². The predicted molar refractivity (Wildman–Crippen MR) is 102 cm³/mol. The quantitative estimate of drug-likeness (QED) is 0.676. The van der Waals surface area contributed by atoms with Crippen molar-refractivity contribution in [1.82, 2.24) is 0 Å². The average Bonchev–Trinajstić information content (AvgIpc) is 2.68. The van der Waals surface area contributed by atoms with Gasteiger partial charge in [0.25, 0.3) is 5.91 Å². The molecule has 0 saturated heterocycles. The second kappa shape index (κ2) is 8.83. The van der Waals surface area contributed by atoms with Gasteiger partial charge in [-0.05, 0) is 41.5 Å². The Bertz CT molecular complexity index is 862. The lowest BCUT2D eigenvalue weighted by molar-refractivity contribution is 0.102. The van der Waals surface area contributed by atoms with E-state index in [2.05, 4.69) is 5.32 Å². The van der Waals surface area contributed by atoms with E-state index in [9.17, 15) is 4.79 Å². The second-order valence-corrected chi connectivity index (χ2v) is 5.89. The molecule has 0 fully saturated rings. The molecule has 0 aliphatic heterocycles. The Balaban J connectivity index is 1.65. The lowest BCUT2D eigenvalue weighted by Gasteiger charge is -2.10. The maximum absolute atomic E-state index is 12.5. The Labute approximate surface area is 153 Å². The molecule has 0 spiro atoms. The van der Waals surface area contributed by atoms with Gasteiger partial charge in [-0.2, -0.15) is 0 Å². The number of ether oxygens (including phenoxy) is 2. The van der Waals surface area contributed by atoms with Crippen LogP contribution < -0.4 is 10.1 Å². The van der Waals surface area contributed by atoms with Gasteiger partial charge in [-0.3, -0.25) is 4.79 Å². The first-order valence-electron chi connectivity index (χ1n) is 8.40. The van der Waals surface area contributed by atoms with E-state index in [0.29, 0.717) is 24.5 Å². The molecule has 4 nitrogen and oxygen atoms in total. The molecule has 3 aromatic carbocycles. The monoisotopic (exact) mass is 347 g/mol. The summed E-state index contributed by atoms with van der Waals surface area (Å²) >= 11 is 0. The third-order valence-corrected chi connectivity index (χ3v) is 3.84. The van der Waals surface area contributed by atoms with Crippen molar-refractivity contribution in [1.29, 1.82) is 0 Å². The van der Waals surface area contributed by atoms with Crippen LogP contribution in [0.25, 0.3) is 0 Å². The maximum Gasteiger partial charge on any atom is 0.255 e. The molecule has 0 heterocycles. The average molecular weight is 347 g/mol. The number of hydrogen-bond acceptors (Lipinski definition) is 3. The van der Waals surface area contributed by atoms with Gasteiger partial charge in [0.2, 0.25) is 0 Å². The highest BCUT2D eigenvalue weighted by molar-refractivity contribution is 6.04. The standard InChI is InChI=1S/C22H21NO3/c1-25-15-18-9-5-11-20(13-18)23-22(24)19-10-6-12-21(14-19)26-16-17-7-3-2-4-8-17/h2-14H,15-16H2,1H3,(H,23,24). The summed E-state index contributed by atoms with van der Waals surface area (Å²) in [5.74, 6) is 0.486. The van der Waals surface area contributed by atoms with E-state index in [4.69, 9.17) is 9.47 Å². The Morgan fingerprint density at radius 2 is 1.62 bits per heavy atom. The molecular formula is C22H21NO3. The molecule has 0 aliphatic carbocycles.